The number of carbonyl (C=O) groups excluding carboxylic acids is 4. The van der Waals surface area contributed by atoms with E-state index in [2.05, 4.69) is 0 Å². The van der Waals surface area contributed by atoms with Crippen molar-refractivity contribution in [3.05, 3.63) is 47.6 Å². The third-order valence-electron chi connectivity index (χ3n) is 3.42. The summed E-state index contributed by atoms with van der Waals surface area (Å²) in [5.41, 5.74) is 0.176. The normalized spacial score (nSPS) is 14.5. The van der Waals surface area contributed by atoms with E-state index in [1.807, 2.05) is 13.8 Å². The van der Waals surface area contributed by atoms with Gasteiger partial charge in [-0.15, -0.1) is 0 Å². The SMILES string of the molecule is CCCCOC(=O)/C=C/C1=CC(=O)C(/C=C/C(=O)OCCCC)=CC1=O. The Morgan fingerprint density at radius 1 is 0.808 bits per heavy atom. The summed E-state index contributed by atoms with van der Waals surface area (Å²) in [6.45, 7) is 4.58. The zero-order valence-corrected chi connectivity index (χ0v) is 15.2. The molecule has 0 aromatic carbocycles. The molecule has 140 valence electrons. The van der Waals surface area contributed by atoms with Gasteiger partial charge in [-0.1, -0.05) is 26.7 Å². The molecule has 0 heterocycles. The van der Waals surface area contributed by atoms with Gasteiger partial charge in [0, 0.05) is 23.3 Å². The molecule has 1 aliphatic rings. The van der Waals surface area contributed by atoms with Crippen LogP contribution in [-0.2, 0) is 28.7 Å². The fraction of sp³-hybridized carbons (Fsp3) is 0.400. The van der Waals surface area contributed by atoms with Gasteiger partial charge in [0.05, 0.1) is 13.2 Å². The standard InChI is InChI=1S/C20H24O6/c1-3-5-11-25-19(23)9-7-15-13-18(22)16(14-17(15)21)8-10-20(24)26-12-6-4-2/h7-10,13-14H,3-6,11-12H2,1-2H3/b9-7+,10-8+. The molecule has 0 fully saturated rings. The minimum atomic E-state index is -0.566. The van der Waals surface area contributed by atoms with Crippen molar-refractivity contribution < 1.29 is 28.7 Å². The second kappa shape index (κ2) is 11.7. The van der Waals surface area contributed by atoms with Crippen molar-refractivity contribution in [1.29, 1.82) is 0 Å². The van der Waals surface area contributed by atoms with E-state index in [4.69, 9.17) is 9.47 Å². The quantitative estimate of drug-likeness (QED) is 0.258. The fourth-order valence-corrected chi connectivity index (χ4v) is 1.90. The number of hydrogen-bond donors (Lipinski definition) is 0. The second-order valence-electron chi connectivity index (χ2n) is 5.64. The average molecular weight is 360 g/mol. The Labute approximate surface area is 153 Å². The average Bonchev–Trinajstić information content (AvgIpc) is 2.61. The highest BCUT2D eigenvalue weighted by atomic mass is 16.5. The third-order valence-corrected chi connectivity index (χ3v) is 3.42. The van der Waals surface area contributed by atoms with Crippen LogP contribution in [0.2, 0.25) is 0 Å². The number of esters is 2. The van der Waals surface area contributed by atoms with Gasteiger partial charge in [-0.3, -0.25) is 9.59 Å². The van der Waals surface area contributed by atoms with Crippen molar-refractivity contribution in [3.8, 4) is 0 Å². The molecule has 6 nitrogen and oxygen atoms in total. The Morgan fingerprint density at radius 2 is 1.19 bits per heavy atom. The van der Waals surface area contributed by atoms with Crippen molar-refractivity contribution in [3.63, 3.8) is 0 Å². The lowest BCUT2D eigenvalue weighted by Gasteiger charge is -2.06. The first-order valence-electron chi connectivity index (χ1n) is 8.69. The Balaban J connectivity index is 2.61. The van der Waals surface area contributed by atoms with Gasteiger partial charge in [0.1, 0.15) is 0 Å². The van der Waals surface area contributed by atoms with Crippen LogP contribution in [0.4, 0.5) is 0 Å². The van der Waals surface area contributed by atoms with Gasteiger partial charge in [-0.2, -0.15) is 0 Å². The minimum Gasteiger partial charge on any atom is -0.463 e. The molecule has 0 aromatic rings. The molecule has 6 heteroatoms. The molecule has 0 spiro atoms. The van der Waals surface area contributed by atoms with Gasteiger partial charge in [-0.25, -0.2) is 9.59 Å². The molecule has 1 aliphatic carbocycles. The van der Waals surface area contributed by atoms with E-state index < -0.39 is 23.5 Å². The van der Waals surface area contributed by atoms with Crippen LogP contribution in [0.3, 0.4) is 0 Å². The Bertz CT molecular complexity index is 606. The number of allylic oxidation sites excluding steroid dienone is 6. The smallest absolute Gasteiger partial charge is 0.330 e. The van der Waals surface area contributed by atoms with Crippen molar-refractivity contribution in [1.82, 2.24) is 0 Å². The van der Waals surface area contributed by atoms with Crippen molar-refractivity contribution in [2.24, 2.45) is 0 Å². The first kappa shape index (κ1) is 21.3. The van der Waals surface area contributed by atoms with Gasteiger partial charge in [0.15, 0.2) is 11.6 Å². The van der Waals surface area contributed by atoms with E-state index in [1.165, 1.54) is 12.2 Å². The number of unbranched alkanes of at least 4 members (excludes halogenated alkanes) is 2. The molecule has 0 atom stereocenters. The van der Waals surface area contributed by atoms with Crippen molar-refractivity contribution in [2.75, 3.05) is 13.2 Å². The minimum absolute atomic E-state index is 0.0881. The number of ether oxygens (including phenoxy) is 2. The van der Waals surface area contributed by atoms with Crippen LogP contribution in [0.1, 0.15) is 39.5 Å². The molecule has 0 N–H and O–H groups in total. The van der Waals surface area contributed by atoms with Crippen LogP contribution >= 0.6 is 0 Å². The van der Waals surface area contributed by atoms with Crippen LogP contribution in [0.25, 0.3) is 0 Å². The van der Waals surface area contributed by atoms with Gasteiger partial charge in [0.2, 0.25) is 0 Å². The highest BCUT2D eigenvalue weighted by Gasteiger charge is 2.17. The molecule has 0 aliphatic heterocycles. The summed E-state index contributed by atoms with van der Waals surface area (Å²) in [5, 5.41) is 0. The van der Waals surface area contributed by atoms with Crippen LogP contribution in [0.15, 0.2) is 47.6 Å². The summed E-state index contributed by atoms with van der Waals surface area (Å²) in [7, 11) is 0. The van der Waals surface area contributed by atoms with Gasteiger partial charge < -0.3 is 9.47 Å². The van der Waals surface area contributed by atoms with Gasteiger partial charge in [-0.05, 0) is 37.1 Å². The lowest BCUT2D eigenvalue weighted by Crippen LogP contribution is -2.12. The summed E-state index contributed by atoms with van der Waals surface area (Å²) in [6.07, 6.45) is 10.3. The molecule has 0 saturated carbocycles. The number of rotatable bonds is 10. The van der Waals surface area contributed by atoms with E-state index in [1.54, 1.807) is 0 Å². The molecule has 0 bridgehead atoms. The predicted octanol–water partition coefficient (Wildman–Crippen LogP) is 2.79. The Morgan fingerprint density at radius 3 is 1.54 bits per heavy atom. The van der Waals surface area contributed by atoms with Gasteiger partial charge >= 0.3 is 11.9 Å². The van der Waals surface area contributed by atoms with Crippen LogP contribution in [0, 0.1) is 0 Å². The van der Waals surface area contributed by atoms with Gasteiger partial charge in [0.25, 0.3) is 0 Å². The van der Waals surface area contributed by atoms with E-state index in [0.717, 1.165) is 50.0 Å². The summed E-state index contributed by atoms with van der Waals surface area (Å²) >= 11 is 0. The molecule has 0 aromatic heterocycles. The molecular formula is C20H24O6. The molecule has 0 saturated heterocycles. The molecule has 0 unspecified atom stereocenters. The van der Waals surface area contributed by atoms with E-state index in [9.17, 15) is 19.2 Å². The summed E-state index contributed by atoms with van der Waals surface area (Å²) in [5.74, 6) is -1.99. The Kier molecular flexibility index (Phi) is 9.61. The molecular weight excluding hydrogens is 336 g/mol. The fourth-order valence-electron chi connectivity index (χ4n) is 1.90. The van der Waals surface area contributed by atoms with E-state index >= 15 is 0 Å². The molecule has 26 heavy (non-hydrogen) atoms. The lowest BCUT2D eigenvalue weighted by atomic mass is 9.96. The number of carbonyl (C=O) groups is 4. The summed E-state index contributed by atoms with van der Waals surface area (Å²) < 4.78 is 9.87. The first-order valence-corrected chi connectivity index (χ1v) is 8.69. The molecule has 1 rings (SSSR count). The summed E-state index contributed by atoms with van der Waals surface area (Å²) in [6, 6.07) is 0. The van der Waals surface area contributed by atoms with E-state index in [-0.39, 0.29) is 11.1 Å². The monoisotopic (exact) mass is 360 g/mol. The zero-order valence-electron chi connectivity index (χ0n) is 15.2. The van der Waals surface area contributed by atoms with Crippen molar-refractivity contribution >= 4 is 23.5 Å². The maximum atomic E-state index is 12.0. The highest BCUT2D eigenvalue weighted by molar-refractivity contribution is 6.22. The number of ketones is 2. The van der Waals surface area contributed by atoms with Crippen LogP contribution in [0.5, 0.6) is 0 Å². The third kappa shape index (κ3) is 7.88. The molecule has 0 radical (unpaired) electrons. The maximum Gasteiger partial charge on any atom is 0.330 e. The van der Waals surface area contributed by atoms with Crippen LogP contribution in [-0.4, -0.2) is 36.7 Å². The predicted molar refractivity (Wildman–Crippen MR) is 96.2 cm³/mol. The van der Waals surface area contributed by atoms with Crippen LogP contribution < -0.4 is 0 Å². The first-order chi connectivity index (χ1) is 12.5. The lowest BCUT2D eigenvalue weighted by molar-refractivity contribution is -0.138. The second-order valence-corrected chi connectivity index (χ2v) is 5.64. The Hall–Kier alpha value is -2.76. The largest absolute Gasteiger partial charge is 0.463 e. The van der Waals surface area contributed by atoms with Crippen molar-refractivity contribution in [2.45, 2.75) is 39.5 Å². The zero-order chi connectivity index (χ0) is 19.4. The summed E-state index contributed by atoms with van der Waals surface area (Å²) in [4.78, 5) is 47.0. The topological polar surface area (TPSA) is 86.7 Å². The number of hydrogen-bond acceptors (Lipinski definition) is 6. The maximum absolute atomic E-state index is 12.0. The highest BCUT2D eigenvalue weighted by Crippen LogP contribution is 2.14. The van der Waals surface area contributed by atoms with E-state index in [0.29, 0.717) is 13.2 Å². The molecule has 0 amide bonds.